The maximum Gasteiger partial charge on any atom is 0.257 e. The third kappa shape index (κ3) is 4.46. The summed E-state index contributed by atoms with van der Waals surface area (Å²) in [4.78, 5) is 19.0. The first-order valence-electron chi connectivity index (χ1n) is 10.1. The van der Waals surface area contributed by atoms with Crippen LogP contribution in [0.1, 0.15) is 27.7 Å². The first kappa shape index (κ1) is 20.7. The van der Waals surface area contributed by atoms with Gasteiger partial charge in [-0.15, -0.1) is 0 Å². The highest BCUT2D eigenvalue weighted by Crippen LogP contribution is 2.37. The Hall–Kier alpha value is -3.58. The number of carbonyl (C=O) groups is 1. The lowest BCUT2D eigenvalue weighted by atomic mass is 10.0. The molecule has 1 aromatic heterocycles. The van der Waals surface area contributed by atoms with E-state index in [-0.39, 0.29) is 12.1 Å². The maximum atomic E-state index is 13.2. The molecular weight excluding hydrogens is 394 g/mol. The van der Waals surface area contributed by atoms with Crippen molar-refractivity contribution in [3.63, 3.8) is 0 Å². The summed E-state index contributed by atoms with van der Waals surface area (Å²) < 4.78 is 16.8. The molecule has 7 heteroatoms. The van der Waals surface area contributed by atoms with E-state index in [4.69, 9.17) is 14.2 Å². The molecular formula is C24H25N3O4. The smallest absolute Gasteiger partial charge is 0.257 e. The molecule has 0 saturated heterocycles. The fraction of sp³-hybridized carbons (Fsp3) is 0.250. The molecule has 0 saturated carbocycles. The lowest BCUT2D eigenvalue weighted by molar-refractivity contribution is 0.0609. The van der Waals surface area contributed by atoms with Crippen molar-refractivity contribution in [1.29, 1.82) is 0 Å². The lowest BCUT2D eigenvalue weighted by Crippen LogP contribution is -2.44. The number of methoxy groups -OCH3 is 2. The first-order chi connectivity index (χ1) is 15.2. The fourth-order valence-corrected chi connectivity index (χ4v) is 3.59. The molecule has 0 fully saturated rings. The van der Waals surface area contributed by atoms with Gasteiger partial charge in [-0.2, -0.15) is 0 Å². The minimum Gasteiger partial charge on any atom is -0.493 e. The highest BCUT2D eigenvalue weighted by molar-refractivity contribution is 6.01. The largest absolute Gasteiger partial charge is 0.493 e. The molecule has 1 aliphatic rings. The Kier molecular flexibility index (Phi) is 6.33. The number of rotatable bonds is 8. The summed E-state index contributed by atoms with van der Waals surface area (Å²) in [6.45, 7) is 1.31. The van der Waals surface area contributed by atoms with Crippen molar-refractivity contribution in [3.05, 3.63) is 83.7 Å². The standard InChI is InChI=1S/C24H25N3O4/c1-29-14-13-27-23(26-20-6-4-3-5-19(20)24(27)28)18-7-8-21(22(15-18)30-2)31-16-17-9-11-25-12-10-17/h3-12,15,23,26H,13-14,16H2,1-2H3. The molecule has 2 aromatic carbocycles. The maximum absolute atomic E-state index is 13.2. The molecule has 0 bridgehead atoms. The molecule has 160 valence electrons. The number of nitrogens with zero attached hydrogens (tertiary/aromatic N) is 2. The third-order valence-electron chi connectivity index (χ3n) is 5.21. The summed E-state index contributed by atoms with van der Waals surface area (Å²) in [6, 6.07) is 17.1. The number of amides is 1. The molecule has 3 aromatic rings. The second-order valence-electron chi connectivity index (χ2n) is 7.14. The van der Waals surface area contributed by atoms with Gasteiger partial charge < -0.3 is 24.4 Å². The summed E-state index contributed by atoms with van der Waals surface area (Å²) in [5.41, 5.74) is 3.37. The molecule has 31 heavy (non-hydrogen) atoms. The van der Waals surface area contributed by atoms with Crippen LogP contribution in [0.2, 0.25) is 0 Å². The van der Waals surface area contributed by atoms with Crippen molar-refractivity contribution >= 4 is 11.6 Å². The highest BCUT2D eigenvalue weighted by atomic mass is 16.5. The Morgan fingerprint density at radius 2 is 1.84 bits per heavy atom. The third-order valence-corrected chi connectivity index (χ3v) is 5.21. The van der Waals surface area contributed by atoms with Gasteiger partial charge in [0, 0.05) is 31.7 Å². The number of carbonyl (C=O) groups excluding carboxylic acids is 1. The molecule has 0 aliphatic carbocycles. The van der Waals surface area contributed by atoms with E-state index in [2.05, 4.69) is 10.3 Å². The van der Waals surface area contributed by atoms with Crippen LogP contribution >= 0.6 is 0 Å². The van der Waals surface area contributed by atoms with Crippen molar-refractivity contribution in [2.24, 2.45) is 0 Å². The van der Waals surface area contributed by atoms with E-state index in [1.165, 1.54) is 0 Å². The van der Waals surface area contributed by atoms with Gasteiger partial charge in [-0.05, 0) is 47.5 Å². The van der Waals surface area contributed by atoms with Crippen LogP contribution in [0.5, 0.6) is 11.5 Å². The number of ether oxygens (including phenoxy) is 3. The summed E-state index contributed by atoms with van der Waals surface area (Å²) in [7, 11) is 3.23. The Morgan fingerprint density at radius 3 is 2.61 bits per heavy atom. The molecule has 1 atom stereocenters. The molecule has 2 heterocycles. The molecule has 1 N–H and O–H groups in total. The number of fused-ring (bicyclic) bond motifs is 1. The average Bonchev–Trinajstić information content (AvgIpc) is 2.82. The summed E-state index contributed by atoms with van der Waals surface area (Å²) in [5.74, 6) is 1.20. The minimum atomic E-state index is -0.347. The lowest BCUT2D eigenvalue weighted by Gasteiger charge is -2.38. The topological polar surface area (TPSA) is 72.9 Å². The van der Waals surface area contributed by atoms with Crippen LogP contribution in [-0.2, 0) is 11.3 Å². The number of aromatic nitrogens is 1. The van der Waals surface area contributed by atoms with Crippen LogP contribution < -0.4 is 14.8 Å². The monoisotopic (exact) mass is 419 g/mol. The second kappa shape index (κ2) is 9.49. The van der Waals surface area contributed by atoms with Gasteiger partial charge in [-0.25, -0.2) is 0 Å². The quantitative estimate of drug-likeness (QED) is 0.597. The van der Waals surface area contributed by atoms with Crippen LogP contribution in [-0.4, -0.2) is 43.2 Å². The van der Waals surface area contributed by atoms with E-state index in [0.29, 0.717) is 36.8 Å². The van der Waals surface area contributed by atoms with Crippen LogP contribution in [0, 0.1) is 0 Å². The van der Waals surface area contributed by atoms with E-state index < -0.39 is 0 Å². The van der Waals surface area contributed by atoms with Crippen LogP contribution in [0.4, 0.5) is 5.69 Å². The molecule has 0 radical (unpaired) electrons. The molecule has 7 nitrogen and oxygen atoms in total. The summed E-state index contributed by atoms with van der Waals surface area (Å²) >= 11 is 0. The Morgan fingerprint density at radius 1 is 1.03 bits per heavy atom. The Bertz CT molecular complexity index is 1040. The zero-order valence-electron chi connectivity index (χ0n) is 17.6. The van der Waals surface area contributed by atoms with E-state index >= 15 is 0 Å². The molecule has 1 unspecified atom stereocenters. The van der Waals surface area contributed by atoms with Gasteiger partial charge in [-0.3, -0.25) is 9.78 Å². The number of nitrogens with one attached hydrogen (secondary N) is 1. The zero-order valence-corrected chi connectivity index (χ0v) is 17.6. The number of pyridine rings is 1. The SMILES string of the molecule is COCCN1C(=O)c2ccccc2NC1c1ccc(OCc2ccncc2)c(OC)c1. The fourth-order valence-electron chi connectivity index (χ4n) is 3.59. The molecule has 0 spiro atoms. The molecule has 4 rings (SSSR count). The Labute approximate surface area is 181 Å². The van der Waals surface area contributed by atoms with Crippen LogP contribution in [0.25, 0.3) is 0 Å². The van der Waals surface area contributed by atoms with Gasteiger partial charge in [0.15, 0.2) is 11.5 Å². The Balaban J connectivity index is 1.61. The van der Waals surface area contributed by atoms with Crippen molar-refractivity contribution in [1.82, 2.24) is 9.88 Å². The number of hydrogen-bond donors (Lipinski definition) is 1. The molecule has 1 aliphatic heterocycles. The normalized spacial score (nSPS) is 15.2. The summed E-state index contributed by atoms with van der Waals surface area (Å²) in [5, 5.41) is 3.48. The predicted molar refractivity (Wildman–Crippen MR) is 117 cm³/mol. The first-order valence-corrected chi connectivity index (χ1v) is 10.1. The van der Waals surface area contributed by atoms with Crippen molar-refractivity contribution in [2.45, 2.75) is 12.8 Å². The van der Waals surface area contributed by atoms with E-state index in [1.54, 1.807) is 31.5 Å². The van der Waals surface area contributed by atoms with Gasteiger partial charge in [0.05, 0.1) is 19.3 Å². The van der Waals surface area contributed by atoms with Gasteiger partial charge in [-0.1, -0.05) is 18.2 Å². The predicted octanol–water partition coefficient (Wildman–Crippen LogP) is 3.88. The van der Waals surface area contributed by atoms with Crippen molar-refractivity contribution < 1.29 is 19.0 Å². The number of benzene rings is 2. The second-order valence-corrected chi connectivity index (χ2v) is 7.14. The van der Waals surface area contributed by atoms with Crippen LogP contribution in [0.15, 0.2) is 67.0 Å². The van der Waals surface area contributed by atoms with Crippen molar-refractivity contribution in [2.75, 3.05) is 32.7 Å². The van der Waals surface area contributed by atoms with Gasteiger partial charge in [0.2, 0.25) is 0 Å². The van der Waals surface area contributed by atoms with Crippen molar-refractivity contribution in [3.8, 4) is 11.5 Å². The van der Waals surface area contributed by atoms with Crippen LogP contribution in [0.3, 0.4) is 0 Å². The molecule has 1 amide bonds. The zero-order chi connectivity index (χ0) is 21.6. The van der Waals surface area contributed by atoms with E-state index in [1.807, 2.05) is 54.6 Å². The van der Waals surface area contributed by atoms with Gasteiger partial charge in [0.1, 0.15) is 12.8 Å². The van der Waals surface area contributed by atoms with E-state index in [0.717, 1.165) is 16.8 Å². The number of para-hydroxylation sites is 1. The highest BCUT2D eigenvalue weighted by Gasteiger charge is 2.33. The van der Waals surface area contributed by atoms with E-state index in [9.17, 15) is 4.79 Å². The van der Waals surface area contributed by atoms with Gasteiger partial charge >= 0.3 is 0 Å². The number of anilines is 1. The summed E-state index contributed by atoms with van der Waals surface area (Å²) in [6.07, 6.45) is 3.12. The number of hydrogen-bond acceptors (Lipinski definition) is 6. The minimum absolute atomic E-state index is 0.0339. The average molecular weight is 419 g/mol. The van der Waals surface area contributed by atoms with Gasteiger partial charge in [0.25, 0.3) is 5.91 Å².